The highest BCUT2D eigenvalue weighted by molar-refractivity contribution is 4.86. The van der Waals surface area contributed by atoms with E-state index >= 15 is 0 Å². The van der Waals surface area contributed by atoms with Gasteiger partial charge in [-0.05, 0) is 33.1 Å². The van der Waals surface area contributed by atoms with Crippen molar-refractivity contribution in [2.24, 2.45) is 0 Å². The molecule has 0 spiro atoms. The molecule has 1 N–H and O–H groups in total. The van der Waals surface area contributed by atoms with E-state index in [0.29, 0.717) is 5.54 Å². The molecule has 14 heavy (non-hydrogen) atoms. The standard InChI is InChI=1S/C12H24N2/c1-12(2)7-9-14(10-8-13-12)11-5-3-4-6-11/h11,13H,3-10H2,1-2H3. The molecule has 2 fully saturated rings. The van der Waals surface area contributed by atoms with E-state index in [9.17, 15) is 0 Å². The second kappa shape index (κ2) is 4.19. The molecule has 2 aliphatic rings. The van der Waals surface area contributed by atoms with Gasteiger partial charge in [-0.2, -0.15) is 0 Å². The molecule has 0 aromatic rings. The SMILES string of the molecule is CC1(C)CCN(C2CCCC2)CCN1. The number of nitrogens with one attached hydrogen (secondary N) is 1. The van der Waals surface area contributed by atoms with Gasteiger partial charge >= 0.3 is 0 Å². The summed E-state index contributed by atoms with van der Waals surface area (Å²) in [5.41, 5.74) is 0.355. The maximum absolute atomic E-state index is 3.63. The zero-order chi connectivity index (χ0) is 10.0. The molecule has 1 aliphatic carbocycles. The summed E-state index contributed by atoms with van der Waals surface area (Å²) in [5, 5.41) is 3.63. The molecule has 0 bridgehead atoms. The fraction of sp³-hybridized carbons (Fsp3) is 1.00. The maximum Gasteiger partial charge on any atom is 0.0137 e. The van der Waals surface area contributed by atoms with Crippen LogP contribution in [0.25, 0.3) is 0 Å². The smallest absolute Gasteiger partial charge is 0.0137 e. The Morgan fingerprint density at radius 1 is 1.14 bits per heavy atom. The van der Waals surface area contributed by atoms with Crippen LogP contribution in [0.2, 0.25) is 0 Å². The summed E-state index contributed by atoms with van der Waals surface area (Å²) in [6.45, 7) is 8.37. The van der Waals surface area contributed by atoms with Gasteiger partial charge in [0.25, 0.3) is 0 Å². The minimum absolute atomic E-state index is 0.355. The van der Waals surface area contributed by atoms with E-state index in [-0.39, 0.29) is 0 Å². The Hall–Kier alpha value is -0.0800. The van der Waals surface area contributed by atoms with Gasteiger partial charge in [0, 0.05) is 31.2 Å². The monoisotopic (exact) mass is 196 g/mol. The molecule has 0 aromatic heterocycles. The van der Waals surface area contributed by atoms with Gasteiger partial charge in [-0.25, -0.2) is 0 Å². The Morgan fingerprint density at radius 3 is 2.57 bits per heavy atom. The molecule has 1 heterocycles. The third-order valence-electron chi connectivity index (χ3n) is 3.87. The van der Waals surface area contributed by atoms with Crippen molar-refractivity contribution in [1.82, 2.24) is 10.2 Å². The number of hydrogen-bond donors (Lipinski definition) is 1. The minimum Gasteiger partial charge on any atom is -0.310 e. The Balaban J connectivity index is 1.88. The Labute approximate surface area is 88.1 Å². The molecule has 2 nitrogen and oxygen atoms in total. The maximum atomic E-state index is 3.63. The molecule has 0 atom stereocenters. The lowest BCUT2D eigenvalue weighted by atomic mass is 10.0. The summed E-state index contributed by atoms with van der Waals surface area (Å²) >= 11 is 0. The molecule has 82 valence electrons. The lowest BCUT2D eigenvalue weighted by Gasteiger charge is -2.27. The molecule has 0 aromatic carbocycles. The number of hydrogen-bond acceptors (Lipinski definition) is 2. The fourth-order valence-electron chi connectivity index (χ4n) is 2.80. The topological polar surface area (TPSA) is 15.3 Å². The van der Waals surface area contributed by atoms with Crippen molar-refractivity contribution >= 4 is 0 Å². The summed E-state index contributed by atoms with van der Waals surface area (Å²) in [6, 6.07) is 0.908. The summed E-state index contributed by atoms with van der Waals surface area (Å²) in [5.74, 6) is 0. The van der Waals surface area contributed by atoms with Gasteiger partial charge in [0.05, 0.1) is 0 Å². The van der Waals surface area contributed by atoms with E-state index in [1.807, 2.05) is 0 Å². The predicted octanol–water partition coefficient (Wildman–Crippen LogP) is 2.00. The van der Waals surface area contributed by atoms with Crippen molar-refractivity contribution in [1.29, 1.82) is 0 Å². The van der Waals surface area contributed by atoms with Gasteiger partial charge in [-0.3, -0.25) is 4.90 Å². The van der Waals surface area contributed by atoms with Crippen LogP contribution in [0, 0.1) is 0 Å². The highest BCUT2D eigenvalue weighted by atomic mass is 15.2. The first-order valence-electron chi connectivity index (χ1n) is 6.16. The van der Waals surface area contributed by atoms with Gasteiger partial charge in [0.1, 0.15) is 0 Å². The zero-order valence-electron chi connectivity index (χ0n) is 9.68. The van der Waals surface area contributed by atoms with E-state index in [2.05, 4.69) is 24.1 Å². The number of rotatable bonds is 1. The van der Waals surface area contributed by atoms with E-state index in [0.717, 1.165) is 6.04 Å². The summed E-state index contributed by atoms with van der Waals surface area (Å²) in [7, 11) is 0. The van der Waals surface area contributed by atoms with Crippen LogP contribution in [0.1, 0.15) is 46.0 Å². The van der Waals surface area contributed by atoms with Crippen LogP contribution >= 0.6 is 0 Å². The van der Waals surface area contributed by atoms with Crippen molar-refractivity contribution < 1.29 is 0 Å². The molecule has 1 aliphatic heterocycles. The Bertz CT molecular complexity index is 183. The average molecular weight is 196 g/mol. The van der Waals surface area contributed by atoms with Crippen LogP contribution in [-0.4, -0.2) is 36.1 Å². The second-order valence-corrected chi connectivity index (χ2v) is 5.53. The summed E-state index contributed by atoms with van der Waals surface area (Å²) in [4.78, 5) is 2.72. The molecule has 2 heteroatoms. The van der Waals surface area contributed by atoms with Crippen molar-refractivity contribution in [2.75, 3.05) is 19.6 Å². The highest BCUT2D eigenvalue weighted by Crippen LogP contribution is 2.25. The van der Waals surface area contributed by atoms with Crippen LogP contribution in [0.3, 0.4) is 0 Å². The largest absolute Gasteiger partial charge is 0.310 e. The zero-order valence-corrected chi connectivity index (χ0v) is 9.68. The average Bonchev–Trinajstić information content (AvgIpc) is 2.58. The lowest BCUT2D eigenvalue weighted by molar-refractivity contribution is 0.207. The van der Waals surface area contributed by atoms with Gasteiger partial charge < -0.3 is 5.32 Å². The van der Waals surface area contributed by atoms with Crippen LogP contribution in [0.5, 0.6) is 0 Å². The third-order valence-corrected chi connectivity index (χ3v) is 3.87. The van der Waals surface area contributed by atoms with Gasteiger partial charge in [-0.1, -0.05) is 12.8 Å². The normalized spacial score (nSPS) is 30.4. The lowest BCUT2D eigenvalue weighted by Crippen LogP contribution is -2.39. The minimum atomic E-state index is 0.355. The Kier molecular flexibility index (Phi) is 3.13. The highest BCUT2D eigenvalue weighted by Gasteiger charge is 2.27. The first-order valence-corrected chi connectivity index (χ1v) is 6.16. The molecule has 0 unspecified atom stereocenters. The van der Waals surface area contributed by atoms with E-state index < -0.39 is 0 Å². The number of nitrogens with zero attached hydrogens (tertiary/aromatic N) is 1. The molecule has 0 radical (unpaired) electrons. The van der Waals surface area contributed by atoms with Crippen molar-refractivity contribution in [3.8, 4) is 0 Å². The van der Waals surface area contributed by atoms with Crippen LogP contribution < -0.4 is 5.32 Å². The van der Waals surface area contributed by atoms with E-state index in [4.69, 9.17) is 0 Å². The molecule has 1 saturated carbocycles. The first kappa shape index (κ1) is 10.4. The molecule has 1 saturated heterocycles. The summed E-state index contributed by atoms with van der Waals surface area (Å²) < 4.78 is 0. The molecular weight excluding hydrogens is 172 g/mol. The molecular formula is C12H24N2. The van der Waals surface area contributed by atoms with E-state index in [1.165, 1.54) is 51.7 Å². The van der Waals surface area contributed by atoms with Crippen molar-refractivity contribution in [3.63, 3.8) is 0 Å². The van der Waals surface area contributed by atoms with Gasteiger partial charge in [0.2, 0.25) is 0 Å². The van der Waals surface area contributed by atoms with E-state index in [1.54, 1.807) is 0 Å². The van der Waals surface area contributed by atoms with Gasteiger partial charge in [0.15, 0.2) is 0 Å². The molecule has 0 amide bonds. The van der Waals surface area contributed by atoms with Gasteiger partial charge in [-0.15, -0.1) is 0 Å². The summed E-state index contributed by atoms with van der Waals surface area (Å²) in [6.07, 6.45) is 7.10. The predicted molar refractivity (Wildman–Crippen MR) is 60.5 cm³/mol. The van der Waals surface area contributed by atoms with Crippen molar-refractivity contribution in [2.45, 2.75) is 57.5 Å². The second-order valence-electron chi connectivity index (χ2n) is 5.53. The Morgan fingerprint density at radius 2 is 1.86 bits per heavy atom. The first-order chi connectivity index (χ1) is 6.67. The third kappa shape index (κ3) is 2.48. The van der Waals surface area contributed by atoms with Crippen LogP contribution in [0.15, 0.2) is 0 Å². The molecule has 2 rings (SSSR count). The van der Waals surface area contributed by atoms with Crippen LogP contribution in [-0.2, 0) is 0 Å². The quantitative estimate of drug-likeness (QED) is 0.690. The van der Waals surface area contributed by atoms with Crippen LogP contribution in [0.4, 0.5) is 0 Å². The van der Waals surface area contributed by atoms with Crippen molar-refractivity contribution in [3.05, 3.63) is 0 Å². The fourth-order valence-corrected chi connectivity index (χ4v) is 2.80.